The number of nitrogens with zero attached hydrogens (tertiary/aromatic N) is 11. The van der Waals surface area contributed by atoms with Crippen LogP contribution in [-0.4, -0.2) is 220 Å². The first kappa shape index (κ1) is 113. The van der Waals surface area contributed by atoms with Crippen LogP contribution >= 0.6 is 15.9 Å². The number of benzene rings is 11. The molecule has 28 heteroatoms. The summed E-state index contributed by atoms with van der Waals surface area (Å²) in [4.78, 5) is 110. The van der Waals surface area contributed by atoms with Gasteiger partial charge in [-0.1, -0.05) is 238 Å². The summed E-state index contributed by atoms with van der Waals surface area (Å²) < 4.78 is 1.20. The zero-order valence-electron chi connectivity index (χ0n) is 83.8. The third kappa shape index (κ3) is 32.4. The van der Waals surface area contributed by atoms with E-state index in [0.717, 1.165) is 198 Å². The summed E-state index contributed by atoms with van der Waals surface area (Å²) in [5.74, 6) is 0.199. The van der Waals surface area contributed by atoms with Gasteiger partial charge >= 0.3 is 7.12 Å². The number of rotatable bonds is 28. The molecule has 0 aliphatic carbocycles. The van der Waals surface area contributed by atoms with Crippen LogP contribution in [0.15, 0.2) is 307 Å². The second-order valence-electron chi connectivity index (χ2n) is 35.1. The maximum atomic E-state index is 12.8. The molecule has 0 aromatic heterocycles. The summed E-state index contributed by atoms with van der Waals surface area (Å²) in [5, 5.41) is 51.3. The average molecular weight is 2040 g/mol. The van der Waals surface area contributed by atoms with E-state index in [9.17, 15) is 54.3 Å². The smallest absolute Gasteiger partial charge is 0.423 e. The topological polar surface area (TPSA) is 307 Å². The summed E-state index contributed by atoms with van der Waals surface area (Å²) in [6.45, 7) is 31.3. The Morgan fingerprint density at radius 3 is 0.881 bits per heavy atom. The molecule has 750 valence electrons. The Balaban J connectivity index is 0.000000201. The van der Waals surface area contributed by atoms with Crippen molar-refractivity contribution in [3.05, 3.63) is 416 Å². The Kier molecular flexibility index (Phi) is 46.3. The van der Waals surface area contributed by atoms with Crippen LogP contribution in [0.1, 0.15) is 209 Å². The molecule has 4 fully saturated rings. The minimum absolute atomic E-state index is 0. The van der Waals surface area contributed by atoms with Crippen molar-refractivity contribution in [2.75, 3.05) is 125 Å². The van der Waals surface area contributed by atoms with Crippen molar-refractivity contribution in [1.82, 2.24) is 39.2 Å². The van der Waals surface area contributed by atoms with Crippen molar-refractivity contribution < 1.29 is 65.9 Å². The predicted molar refractivity (Wildman–Crippen MR) is 576 cm³/mol. The molecule has 11 aromatic carbocycles. The number of nitrogen functional groups attached to an aromatic ring is 1. The molecular formula is C115H134BBrFeN12O13. The molecule has 0 unspecified atom stereocenters. The molecule has 4 aliphatic heterocycles. The van der Waals surface area contributed by atoms with Gasteiger partial charge in [-0.25, -0.2) is 0 Å². The fraction of sp³-hybridized carbons (Fsp3) is 0.313. The summed E-state index contributed by atoms with van der Waals surface area (Å²) in [6, 6.07) is 88.8. The Hall–Kier alpha value is -13.2. The minimum Gasteiger partial charge on any atom is -0.423 e. The molecule has 25 nitrogen and oxygen atoms in total. The molecule has 4 heterocycles. The number of carbonyl (C=O) groups excluding carboxylic acids is 5. The number of piperidine rings is 4. The van der Waals surface area contributed by atoms with Crippen molar-refractivity contribution in [2.45, 2.75) is 120 Å². The fourth-order valence-electron chi connectivity index (χ4n) is 17.9. The van der Waals surface area contributed by atoms with Crippen molar-refractivity contribution in [2.24, 2.45) is 0 Å². The van der Waals surface area contributed by atoms with E-state index in [-0.39, 0.29) is 73.1 Å². The molecule has 0 spiro atoms. The van der Waals surface area contributed by atoms with Gasteiger partial charge in [0.2, 0.25) is 0 Å². The van der Waals surface area contributed by atoms with Crippen LogP contribution in [0.2, 0.25) is 0 Å². The van der Waals surface area contributed by atoms with Crippen LogP contribution in [0, 0.1) is 30.3 Å². The Morgan fingerprint density at radius 1 is 0.343 bits per heavy atom. The van der Waals surface area contributed by atoms with E-state index in [4.69, 9.17) is 15.8 Å². The standard InChI is InChI=1S/C30H33N3O3.C30H35N3O.C24H29N3O3.C18H25BrN2O.C7H6O.C6H6BNO4.Fe/c1-3-32(4-2)30(34)26-16-14-24(15-17-26)29(27-12-8-9-13-28(27)33(35)36)25-18-20-31(21-19-25)22-23-10-6-5-7-11-23;1-3-33(4-2)30(34)26-16-14-24(15-17-26)29(27-12-8-9-13-28(27)31)25-18-20-32(21-19-25)22-23-10-6-5-7-11-23;1-4-26(5-2)24(28)20-12-10-18(11-13-20)23(19-14-16-25(3)17-15-19)21-8-6-7-9-22(21)27(29)30;1-4-21(5-2)18(22)16-8-6-14(7-9-16)17(19)15-10-12-20(3)13-11-15;8-6-7-4-2-1-3-5-7;9-7(10)5-3-1-2-4-6(5)8(11)12;/h5-17H,3-4,18-22H2,1-2H3;5-17H,3-4,18-22,31H2,1-2H3;6-13H,4-5,14-17H2,1-3H3;6-9H,4-5,10-13H2,1-3H3;1-6H;1-4,9-10H;. The zero-order valence-corrected chi connectivity index (χ0v) is 86.5. The van der Waals surface area contributed by atoms with Crippen molar-refractivity contribution >= 4 is 102 Å². The van der Waals surface area contributed by atoms with E-state index >= 15 is 0 Å². The van der Waals surface area contributed by atoms with Crippen molar-refractivity contribution in [3.63, 3.8) is 0 Å². The second-order valence-corrected chi connectivity index (χ2v) is 35.8. The molecule has 4 saturated heterocycles. The minimum atomic E-state index is -1.80. The number of amides is 4. The van der Waals surface area contributed by atoms with Gasteiger partial charge in [0.25, 0.3) is 40.7 Å². The zero-order chi connectivity index (χ0) is 102. The molecular weight excluding hydrogens is 1900 g/mol. The quantitative estimate of drug-likeness (QED) is 0.0135. The van der Waals surface area contributed by atoms with Crippen molar-refractivity contribution in [1.29, 1.82) is 0 Å². The number of aldehydes is 1. The van der Waals surface area contributed by atoms with E-state index in [2.05, 4.69) is 128 Å². The van der Waals surface area contributed by atoms with Gasteiger partial charge in [0, 0.05) is 197 Å². The van der Waals surface area contributed by atoms with Crippen LogP contribution in [0.3, 0.4) is 0 Å². The maximum Gasteiger partial charge on any atom is 0.495 e. The van der Waals surface area contributed by atoms with E-state index in [1.54, 1.807) is 46.2 Å². The Morgan fingerprint density at radius 2 is 0.594 bits per heavy atom. The SMILES string of the molecule is CCN(CC)C(=O)c1ccc(C(=C2CCN(C)CC2)c2ccccc2[N+](=O)[O-])cc1.CCN(CC)C(=O)c1ccc(C(=C2CCN(Cc3ccccc3)CC2)c2ccccc2N)cc1.CCN(CC)C(=O)c1ccc(C(=C2CCN(Cc3ccccc3)CC2)c2ccccc2[N+](=O)[O-])cc1.CCN(CC)C(=O)c1ccc(C(Br)=C2CCN(C)CC2)cc1.O=Cc1ccccc1.O=[N+]([O-])c1ccccc1B(O)O.[Fe]. The second kappa shape index (κ2) is 58.4. The van der Waals surface area contributed by atoms with Gasteiger partial charge in [0.1, 0.15) is 6.29 Å². The molecule has 4 amide bonds. The summed E-state index contributed by atoms with van der Waals surface area (Å²) in [5.41, 5.74) is 28.1. The van der Waals surface area contributed by atoms with E-state index < -0.39 is 12.0 Å². The van der Waals surface area contributed by atoms with Crippen LogP contribution in [0.4, 0.5) is 22.7 Å². The average Bonchev–Trinajstić information content (AvgIpc) is 0.795. The van der Waals surface area contributed by atoms with E-state index in [0.29, 0.717) is 61.5 Å². The van der Waals surface area contributed by atoms with Gasteiger partial charge in [0.05, 0.1) is 31.4 Å². The van der Waals surface area contributed by atoms with Gasteiger partial charge < -0.3 is 45.2 Å². The number of nitro groups is 3. The van der Waals surface area contributed by atoms with Crippen molar-refractivity contribution in [3.8, 4) is 0 Å². The van der Waals surface area contributed by atoms with E-state index in [1.807, 2.05) is 211 Å². The van der Waals surface area contributed by atoms with Gasteiger partial charge in [-0.2, -0.15) is 0 Å². The molecule has 4 aliphatic rings. The largest absolute Gasteiger partial charge is 0.495 e. The molecule has 11 aromatic rings. The molecule has 0 atom stereocenters. The first-order valence-corrected chi connectivity index (χ1v) is 49.9. The number of likely N-dealkylation sites (tertiary alicyclic amines) is 4. The first-order chi connectivity index (χ1) is 68.7. The van der Waals surface area contributed by atoms with Gasteiger partial charge in [-0.15, -0.1) is 0 Å². The van der Waals surface area contributed by atoms with Crippen LogP contribution in [-0.2, 0) is 30.2 Å². The third-order valence-electron chi connectivity index (χ3n) is 26.1. The molecule has 0 bridgehead atoms. The van der Waals surface area contributed by atoms with Gasteiger partial charge in [-0.3, -0.25) is 64.1 Å². The van der Waals surface area contributed by atoms with Crippen LogP contribution in [0.25, 0.3) is 21.2 Å². The number of hydrogen-bond donors (Lipinski definition) is 3. The Labute approximate surface area is 861 Å². The van der Waals surface area contributed by atoms with Crippen LogP contribution < -0.4 is 11.2 Å². The third-order valence-corrected chi connectivity index (χ3v) is 27.2. The molecule has 0 saturated carbocycles. The maximum absolute atomic E-state index is 12.8. The number of halogens is 1. The number of nitrogens with two attached hydrogens (primary N) is 1. The molecule has 15 rings (SSSR count). The number of carbonyl (C=O) groups is 5. The molecule has 143 heavy (non-hydrogen) atoms. The van der Waals surface area contributed by atoms with Crippen LogP contribution in [0.5, 0.6) is 0 Å². The monoisotopic (exact) mass is 2040 g/mol. The summed E-state index contributed by atoms with van der Waals surface area (Å²) in [7, 11) is 2.46. The van der Waals surface area contributed by atoms with Gasteiger partial charge in [0.15, 0.2) is 0 Å². The Bertz CT molecular complexity index is 6100. The fourth-order valence-corrected chi connectivity index (χ4v) is 18.6. The summed E-state index contributed by atoms with van der Waals surface area (Å²) in [6.07, 6.45) is 8.50. The molecule has 4 N–H and O–H groups in total. The number of para-hydroxylation sites is 4. The van der Waals surface area contributed by atoms with E-state index in [1.165, 1.54) is 67.7 Å². The number of anilines is 1. The molecule has 0 radical (unpaired) electrons. The summed E-state index contributed by atoms with van der Waals surface area (Å²) >= 11 is 3.75. The first-order valence-electron chi connectivity index (χ1n) is 49.1. The normalized spacial score (nSPS) is 13.6. The van der Waals surface area contributed by atoms with Gasteiger partial charge in [-0.05, 0) is 238 Å². The number of hydrogen-bond acceptors (Lipinski definition) is 18. The predicted octanol–water partition coefficient (Wildman–Crippen LogP) is 21.4. The number of nitro benzene ring substituents is 3.